The van der Waals surface area contributed by atoms with Gasteiger partial charge in [0.25, 0.3) is 0 Å². The molecule has 8 nitrogen and oxygen atoms in total. The van der Waals surface area contributed by atoms with Crippen molar-refractivity contribution < 1.29 is 30.0 Å². The van der Waals surface area contributed by atoms with Gasteiger partial charge in [-0.15, -0.1) is 0 Å². The Morgan fingerprint density at radius 1 is 0.719 bits per heavy atom. The van der Waals surface area contributed by atoms with Crippen LogP contribution in [0.1, 0.15) is 22.3 Å². The first-order valence-corrected chi connectivity index (χ1v) is 9.59. The third-order valence-corrected chi connectivity index (χ3v) is 4.71. The van der Waals surface area contributed by atoms with Crippen molar-refractivity contribution in [1.29, 1.82) is 0 Å². The van der Waals surface area contributed by atoms with Gasteiger partial charge in [0, 0.05) is 37.3 Å². The molecule has 2 aromatic rings. The first-order chi connectivity index (χ1) is 14.1. The second kappa shape index (κ2) is 14.9. The number of hydrogen-bond acceptors (Lipinski definition) is 6. The summed E-state index contributed by atoms with van der Waals surface area (Å²) in [7, 11) is 0. The van der Waals surface area contributed by atoms with Crippen LogP contribution in [-0.2, 0) is 22.7 Å². The van der Waals surface area contributed by atoms with Crippen molar-refractivity contribution in [2.45, 2.75) is 26.9 Å². The van der Waals surface area contributed by atoms with Crippen molar-refractivity contribution in [2.24, 2.45) is 0 Å². The fourth-order valence-corrected chi connectivity index (χ4v) is 3.26. The summed E-state index contributed by atoms with van der Waals surface area (Å²) in [5, 5.41) is 38.7. The molecule has 0 bridgehead atoms. The van der Waals surface area contributed by atoms with E-state index in [0.29, 0.717) is 11.1 Å². The summed E-state index contributed by atoms with van der Waals surface area (Å²) in [6.45, 7) is 4.26. The van der Waals surface area contributed by atoms with Crippen LogP contribution in [0.3, 0.4) is 0 Å². The summed E-state index contributed by atoms with van der Waals surface area (Å²) < 4.78 is 0. The van der Waals surface area contributed by atoms with Crippen LogP contribution in [-0.4, -0.2) is 127 Å². The van der Waals surface area contributed by atoms with Gasteiger partial charge in [0.15, 0.2) is 0 Å². The molecule has 4 N–H and O–H groups in total. The Bertz CT molecular complexity index is 836. The zero-order valence-corrected chi connectivity index (χ0v) is 17.2. The SMILES string of the molecule is Cc1ccc(O)c(CN(CCN(CC(=O)O)Cc2cc(C)ccc2O)CC(=O)O)c1.[NaH].[NaH]. The molecule has 0 saturated heterocycles. The summed E-state index contributed by atoms with van der Waals surface area (Å²) in [5.41, 5.74) is 3.11. The summed E-state index contributed by atoms with van der Waals surface area (Å²) in [6.07, 6.45) is 0. The van der Waals surface area contributed by atoms with Crippen LogP contribution in [0, 0.1) is 13.8 Å². The van der Waals surface area contributed by atoms with Crippen LogP contribution in [0.4, 0.5) is 0 Å². The number of nitrogens with zero attached hydrogens (tertiary/aromatic N) is 2. The molecular weight excluding hydrogens is 434 g/mol. The molecule has 0 radical (unpaired) electrons. The molecule has 0 aliphatic heterocycles. The molecule has 0 heterocycles. The maximum atomic E-state index is 11.3. The second-order valence-corrected chi connectivity index (χ2v) is 7.47. The standard InChI is InChI=1S/C22H28N2O6.2Na.2H/c1-15-3-5-19(25)17(9-15)11-23(13-21(27)28)7-8-24(14-22(29)30)12-18-10-16(2)4-6-20(18)26;;;;/h3-6,9-10,25-26H,7-8,11-14H2,1-2H3,(H,27,28)(H,29,30);;;;. The minimum absolute atomic E-state index is 0. The van der Waals surface area contributed by atoms with Crippen LogP contribution in [0.2, 0.25) is 0 Å². The van der Waals surface area contributed by atoms with Crippen LogP contribution in [0.15, 0.2) is 36.4 Å². The molecule has 0 spiro atoms. The van der Waals surface area contributed by atoms with Gasteiger partial charge in [0.05, 0.1) is 13.1 Å². The Morgan fingerprint density at radius 2 is 1.06 bits per heavy atom. The van der Waals surface area contributed by atoms with E-state index in [-0.39, 0.29) is 110 Å². The van der Waals surface area contributed by atoms with Gasteiger partial charge >= 0.3 is 71.1 Å². The van der Waals surface area contributed by atoms with Crippen molar-refractivity contribution in [3.05, 3.63) is 58.7 Å². The Kier molecular flexibility index (Phi) is 14.4. The number of carboxylic acid groups (broad SMARTS) is 2. The van der Waals surface area contributed by atoms with Gasteiger partial charge in [-0.2, -0.15) is 0 Å². The van der Waals surface area contributed by atoms with Gasteiger partial charge in [-0.25, -0.2) is 0 Å². The normalized spacial score (nSPS) is 10.5. The molecule has 166 valence electrons. The molecule has 32 heavy (non-hydrogen) atoms. The van der Waals surface area contributed by atoms with Crippen LogP contribution in [0.5, 0.6) is 11.5 Å². The minimum atomic E-state index is -1.01. The van der Waals surface area contributed by atoms with E-state index in [0.717, 1.165) is 11.1 Å². The average Bonchev–Trinajstić information content (AvgIpc) is 2.64. The number of phenols is 2. The molecule has 10 heteroatoms. The number of aliphatic carboxylic acids is 2. The molecule has 2 rings (SSSR count). The number of carboxylic acids is 2. The van der Waals surface area contributed by atoms with E-state index in [9.17, 15) is 30.0 Å². The Balaban J connectivity index is 0.00000480. The van der Waals surface area contributed by atoms with Gasteiger partial charge in [-0.1, -0.05) is 35.4 Å². The van der Waals surface area contributed by atoms with Gasteiger partial charge in [-0.05, 0) is 26.0 Å². The summed E-state index contributed by atoms with van der Waals surface area (Å²) in [4.78, 5) is 25.9. The summed E-state index contributed by atoms with van der Waals surface area (Å²) in [5.74, 6) is -1.85. The van der Waals surface area contributed by atoms with Crippen molar-refractivity contribution >= 4 is 71.1 Å². The number of rotatable bonds is 11. The fraction of sp³-hybridized carbons (Fsp3) is 0.364. The Morgan fingerprint density at radius 3 is 1.38 bits per heavy atom. The zero-order chi connectivity index (χ0) is 22.3. The predicted octanol–water partition coefficient (Wildman–Crippen LogP) is 0.891. The fourth-order valence-electron chi connectivity index (χ4n) is 3.26. The van der Waals surface area contributed by atoms with E-state index in [1.165, 1.54) is 0 Å². The number of benzene rings is 2. The number of aryl methyl sites for hydroxylation is 2. The molecule has 0 unspecified atom stereocenters. The number of phenolic OH excluding ortho intramolecular Hbond substituents is 2. The third kappa shape index (κ3) is 10.7. The molecule has 0 fully saturated rings. The van der Waals surface area contributed by atoms with Crippen LogP contribution < -0.4 is 0 Å². The first kappa shape index (κ1) is 30.9. The molecular formula is C22H30N2Na2O6. The summed E-state index contributed by atoms with van der Waals surface area (Å²) in [6, 6.07) is 10.3. The molecule has 0 saturated carbocycles. The number of hydrogen-bond donors (Lipinski definition) is 4. The Labute approximate surface area is 232 Å². The van der Waals surface area contributed by atoms with Gasteiger partial charge < -0.3 is 20.4 Å². The summed E-state index contributed by atoms with van der Waals surface area (Å²) >= 11 is 0. The van der Waals surface area contributed by atoms with E-state index < -0.39 is 11.9 Å². The van der Waals surface area contributed by atoms with E-state index in [1.54, 1.807) is 46.2 Å². The van der Waals surface area contributed by atoms with E-state index >= 15 is 0 Å². The topological polar surface area (TPSA) is 122 Å². The van der Waals surface area contributed by atoms with Gasteiger partial charge in [-0.3, -0.25) is 19.4 Å². The van der Waals surface area contributed by atoms with Gasteiger partial charge in [0.1, 0.15) is 11.5 Å². The number of carbonyl (C=O) groups is 2. The average molecular weight is 464 g/mol. The zero-order valence-electron chi connectivity index (χ0n) is 17.2. The second-order valence-electron chi connectivity index (χ2n) is 7.47. The molecule has 0 amide bonds. The predicted molar refractivity (Wildman–Crippen MR) is 126 cm³/mol. The molecule has 2 aromatic carbocycles. The molecule has 0 atom stereocenters. The van der Waals surface area contributed by atoms with Crippen molar-refractivity contribution in [3.63, 3.8) is 0 Å². The van der Waals surface area contributed by atoms with E-state index in [1.807, 2.05) is 13.8 Å². The molecule has 0 aliphatic rings. The van der Waals surface area contributed by atoms with E-state index in [2.05, 4.69) is 0 Å². The van der Waals surface area contributed by atoms with Crippen LogP contribution in [0.25, 0.3) is 0 Å². The van der Waals surface area contributed by atoms with Crippen molar-refractivity contribution in [2.75, 3.05) is 26.2 Å². The molecule has 0 aliphatic carbocycles. The van der Waals surface area contributed by atoms with Crippen molar-refractivity contribution in [3.8, 4) is 11.5 Å². The monoisotopic (exact) mass is 464 g/mol. The van der Waals surface area contributed by atoms with Crippen molar-refractivity contribution in [1.82, 2.24) is 9.80 Å². The number of aromatic hydroxyl groups is 2. The third-order valence-electron chi connectivity index (χ3n) is 4.71. The first-order valence-electron chi connectivity index (χ1n) is 9.59. The van der Waals surface area contributed by atoms with Crippen LogP contribution >= 0.6 is 0 Å². The maximum absolute atomic E-state index is 11.3. The Hall–Kier alpha value is -1.10. The molecule has 0 aromatic heterocycles. The van der Waals surface area contributed by atoms with Gasteiger partial charge in [0.2, 0.25) is 0 Å². The quantitative estimate of drug-likeness (QED) is 0.362. The van der Waals surface area contributed by atoms with E-state index in [4.69, 9.17) is 0 Å².